The van der Waals surface area contributed by atoms with Crippen molar-refractivity contribution < 1.29 is 0 Å². The lowest BCUT2D eigenvalue weighted by atomic mass is 10.1. The summed E-state index contributed by atoms with van der Waals surface area (Å²) >= 11 is 17.6. The molecule has 1 heterocycles. The van der Waals surface area contributed by atoms with Gasteiger partial charge in [0.25, 0.3) is 0 Å². The standard InChI is InChI=1S/C18H16Cl2N4S/c19-14-6-7-16(15(20)10-14)22-18(25)23-17(11-24-9-8-21-12-24)13-4-2-1-3-5-13/h1-10,12,17H,11H2,(H2,22,23,25)/t17-/m1/s1. The van der Waals surface area contributed by atoms with Crippen LogP contribution in [0, 0.1) is 0 Å². The summed E-state index contributed by atoms with van der Waals surface area (Å²) in [6, 6.07) is 15.3. The van der Waals surface area contributed by atoms with E-state index in [0.717, 1.165) is 5.56 Å². The Morgan fingerprint density at radius 2 is 1.96 bits per heavy atom. The van der Waals surface area contributed by atoms with Crippen molar-refractivity contribution in [2.75, 3.05) is 5.32 Å². The molecule has 4 nitrogen and oxygen atoms in total. The van der Waals surface area contributed by atoms with Crippen LogP contribution in [0.25, 0.3) is 0 Å². The third kappa shape index (κ3) is 4.95. The van der Waals surface area contributed by atoms with Crippen LogP contribution in [0.5, 0.6) is 0 Å². The predicted molar refractivity (Wildman–Crippen MR) is 107 cm³/mol. The number of hydrogen-bond acceptors (Lipinski definition) is 2. The number of thiocarbonyl (C=S) groups is 1. The second-order valence-electron chi connectivity index (χ2n) is 5.45. The Bertz CT molecular complexity index is 838. The minimum atomic E-state index is -0.0125. The van der Waals surface area contributed by atoms with Crippen molar-refractivity contribution in [3.8, 4) is 0 Å². The minimum absolute atomic E-state index is 0.0125. The van der Waals surface area contributed by atoms with Gasteiger partial charge >= 0.3 is 0 Å². The highest BCUT2D eigenvalue weighted by atomic mass is 35.5. The maximum absolute atomic E-state index is 6.20. The zero-order chi connectivity index (χ0) is 17.6. The van der Waals surface area contributed by atoms with E-state index in [4.69, 9.17) is 35.4 Å². The Labute approximate surface area is 161 Å². The number of imidazole rings is 1. The fourth-order valence-electron chi connectivity index (χ4n) is 2.43. The molecule has 0 aliphatic heterocycles. The van der Waals surface area contributed by atoms with Crippen LogP contribution in [0.15, 0.2) is 67.3 Å². The van der Waals surface area contributed by atoms with E-state index in [9.17, 15) is 0 Å². The second kappa shape index (κ2) is 8.34. The van der Waals surface area contributed by atoms with Crippen LogP contribution in [-0.2, 0) is 6.54 Å². The molecule has 0 unspecified atom stereocenters. The van der Waals surface area contributed by atoms with Gasteiger partial charge in [-0.05, 0) is 36.0 Å². The first-order chi connectivity index (χ1) is 12.1. The normalized spacial score (nSPS) is 11.8. The zero-order valence-corrected chi connectivity index (χ0v) is 15.5. The Kier molecular flexibility index (Phi) is 5.91. The Hall–Kier alpha value is -2.08. The summed E-state index contributed by atoms with van der Waals surface area (Å²) in [5.74, 6) is 0. The van der Waals surface area contributed by atoms with Crippen molar-refractivity contribution in [1.82, 2.24) is 14.9 Å². The molecule has 3 rings (SSSR count). The number of halogens is 2. The van der Waals surface area contributed by atoms with E-state index in [0.29, 0.717) is 27.4 Å². The highest BCUT2D eigenvalue weighted by Crippen LogP contribution is 2.25. The molecule has 2 aromatic carbocycles. The van der Waals surface area contributed by atoms with E-state index in [1.165, 1.54) is 0 Å². The van der Waals surface area contributed by atoms with E-state index >= 15 is 0 Å². The number of anilines is 1. The average Bonchev–Trinajstić information content (AvgIpc) is 3.11. The molecule has 0 spiro atoms. The van der Waals surface area contributed by atoms with Crippen LogP contribution >= 0.6 is 35.4 Å². The average molecular weight is 391 g/mol. The molecule has 0 saturated carbocycles. The third-order valence-corrected chi connectivity index (χ3v) is 4.41. The van der Waals surface area contributed by atoms with Crippen LogP contribution in [0.2, 0.25) is 10.0 Å². The van der Waals surface area contributed by atoms with Gasteiger partial charge in [-0.2, -0.15) is 0 Å². The van der Waals surface area contributed by atoms with Crippen molar-refractivity contribution >= 4 is 46.2 Å². The highest BCUT2D eigenvalue weighted by molar-refractivity contribution is 7.80. The van der Waals surface area contributed by atoms with Gasteiger partial charge < -0.3 is 15.2 Å². The van der Waals surface area contributed by atoms with Gasteiger partial charge in [-0.25, -0.2) is 4.98 Å². The summed E-state index contributed by atoms with van der Waals surface area (Å²) in [5.41, 5.74) is 1.83. The van der Waals surface area contributed by atoms with Gasteiger partial charge in [0.15, 0.2) is 5.11 Å². The minimum Gasteiger partial charge on any atom is -0.354 e. The lowest BCUT2D eigenvalue weighted by molar-refractivity contribution is 0.534. The molecule has 7 heteroatoms. The summed E-state index contributed by atoms with van der Waals surface area (Å²) in [5, 5.41) is 8.05. The van der Waals surface area contributed by atoms with Crippen LogP contribution in [0.3, 0.4) is 0 Å². The quantitative estimate of drug-likeness (QED) is 0.606. The van der Waals surface area contributed by atoms with Crippen molar-refractivity contribution in [1.29, 1.82) is 0 Å². The Morgan fingerprint density at radius 3 is 2.64 bits per heavy atom. The molecule has 25 heavy (non-hydrogen) atoms. The topological polar surface area (TPSA) is 41.9 Å². The Morgan fingerprint density at radius 1 is 1.16 bits per heavy atom. The predicted octanol–water partition coefficient (Wildman–Crippen LogP) is 4.92. The maximum Gasteiger partial charge on any atom is 0.171 e. The van der Waals surface area contributed by atoms with Gasteiger partial charge in [-0.15, -0.1) is 0 Å². The first-order valence-corrected chi connectivity index (χ1v) is 8.81. The lowest BCUT2D eigenvalue weighted by Gasteiger charge is -2.22. The van der Waals surface area contributed by atoms with E-state index in [1.807, 2.05) is 29.0 Å². The Balaban J connectivity index is 1.74. The molecule has 0 radical (unpaired) electrons. The SMILES string of the molecule is S=C(Nc1ccc(Cl)cc1Cl)N[C@H](Cn1ccnc1)c1ccccc1. The molecule has 3 aromatic rings. The smallest absolute Gasteiger partial charge is 0.171 e. The van der Waals surface area contributed by atoms with E-state index < -0.39 is 0 Å². The van der Waals surface area contributed by atoms with E-state index in [-0.39, 0.29) is 6.04 Å². The van der Waals surface area contributed by atoms with Crippen LogP contribution in [0.4, 0.5) is 5.69 Å². The molecular formula is C18H16Cl2N4S. The first-order valence-electron chi connectivity index (χ1n) is 7.65. The number of nitrogens with one attached hydrogen (secondary N) is 2. The molecule has 0 bridgehead atoms. The van der Waals surface area contributed by atoms with Crippen molar-refractivity contribution in [2.24, 2.45) is 0 Å². The van der Waals surface area contributed by atoms with Gasteiger partial charge in [0.05, 0.1) is 23.1 Å². The van der Waals surface area contributed by atoms with Crippen LogP contribution in [-0.4, -0.2) is 14.7 Å². The van der Waals surface area contributed by atoms with Crippen LogP contribution in [0.1, 0.15) is 11.6 Å². The number of nitrogens with zero attached hydrogens (tertiary/aromatic N) is 2. The summed E-state index contributed by atoms with van der Waals surface area (Å²) in [4.78, 5) is 4.09. The molecule has 128 valence electrons. The molecule has 2 N–H and O–H groups in total. The molecule has 0 saturated heterocycles. The number of benzene rings is 2. The maximum atomic E-state index is 6.20. The molecule has 1 aromatic heterocycles. The highest BCUT2D eigenvalue weighted by Gasteiger charge is 2.14. The third-order valence-electron chi connectivity index (χ3n) is 3.64. The molecule has 0 fully saturated rings. The molecule has 0 aliphatic rings. The monoisotopic (exact) mass is 390 g/mol. The van der Waals surface area contributed by atoms with Crippen molar-refractivity contribution in [2.45, 2.75) is 12.6 Å². The molecule has 1 atom stereocenters. The summed E-state index contributed by atoms with van der Waals surface area (Å²) in [6.45, 7) is 0.695. The van der Waals surface area contributed by atoms with Gasteiger partial charge in [0.1, 0.15) is 0 Å². The van der Waals surface area contributed by atoms with Crippen molar-refractivity contribution in [3.63, 3.8) is 0 Å². The molecule has 0 aliphatic carbocycles. The fraction of sp³-hybridized carbons (Fsp3) is 0.111. The van der Waals surface area contributed by atoms with Crippen molar-refractivity contribution in [3.05, 3.63) is 82.9 Å². The largest absolute Gasteiger partial charge is 0.354 e. The number of rotatable bonds is 5. The summed E-state index contributed by atoms with van der Waals surface area (Å²) in [6.07, 6.45) is 5.46. The van der Waals surface area contributed by atoms with Gasteiger partial charge in [-0.3, -0.25) is 0 Å². The van der Waals surface area contributed by atoms with E-state index in [1.54, 1.807) is 30.7 Å². The molecule has 0 amide bonds. The van der Waals surface area contributed by atoms with Gasteiger partial charge in [0, 0.05) is 24.0 Å². The van der Waals surface area contributed by atoms with Gasteiger partial charge in [0.2, 0.25) is 0 Å². The van der Waals surface area contributed by atoms with E-state index in [2.05, 4.69) is 27.8 Å². The second-order valence-corrected chi connectivity index (χ2v) is 6.70. The summed E-state index contributed by atoms with van der Waals surface area (Å²) in [7, 11) is 0. The summed E-state index contributed by atoms with van der Waals surface area (Å²) < 4.78 is 2.00. The number of hydrogen-bond donors (Lipinski definition) is 2. The first kappa shape index (κ1) is 17.7. The lowest BCUT2D eigenvalue weighted by Crippen LogP contribution is -2.34. The zero-order valence-electron chi connectivity index (χ0n) is 13.2. The number of aromatic nitrogens is 2. The fourth-order valence-corrected chi connectivity index (χ4v) is 3.14. The molecular weight excluding hydrogens is 375 g/mol. The van der Waals surface area contributed by atoms with Crippen LogP contribution < -0.4 is 10.6 Å². The van der Waals surface area contributed by atoms with Gasteiger partial charge in [-0.1, -0.05) is 53.5 Å².